The van der Waals surface area contributed by atoms with Crippen LogP contribution in [0.25, 0.3) is 0 Å². The fourth-order valence-electron chi connectivity index (χ4n) is 2.66. The molecule has 0 fully saturated rings. The number of methoxy groups -OCH3 is 1. The maximum absolute atomic E-state index is 10.9. The van der Waals surface area contributed by atoms with Gasteiger partial charge in [-0.1, -0.05) is 60.7 Å². The molecule has 146 valence electrons. The predicted molar refractivity (Wildman–Crippen MR) is 114 cm³/mol. The van der Waals surface area contributed by atoms with Gasteiger partial charge >= 0.3 is 0 Å². The molecule has 3 aromatic rings. The van der Waals surface area contributed by atoms with E-state index < -0.39 is 5.91 Å². The first-order valence-corrected chi connectivity index (χ1v) is 8.98. The van der Waals surface area contributed by atoms with E-state index in [9.17, 15) is 4.79 Å². The molecule has 3 rings (SSSR count). The molecular formula is C23H21N3O3. The monoisotopic (exact) mass is 387 g/mol. The molecule has 0 spiro atoms. The second-order valence-electron chi connectivity index (χ2n) is 6.09. The fraction of sp³-hybridized carbons (Fsp3) is 0.0870. The molecule has 0 aliphatic heterocycles. The minimum atomic E-state index is -0.554. The van der Waals surface area contributed by atoms with Crippen LogP contribution in [0.2, 0.25) is 0 Å². The van der Waals surface area contributed by atoms with E-state index in [0.29, 0.717) is 11.5 Å². The Morgan fingerprint density at radius 2 is 1.55 bits per heavy atom. The van der Waals surface area contributed by atoms with E-state index in [-0.39, 0.29) is 6.61 Å². The van der Waals surface area contributed by atoms with Crippen LogP contribution in [-0.4, -0.2) is 31.6 Å². The van der Waals surface area contributed by atoms with Crippen LogP contribution in [0.4, 0.5) is 0 Å². The van der Waals surface area contributed by atoms with Gasteiger partial charge < -0.3 is 15.2 Å². The van der Waals surface area contributed by atoms with E-state index in [2.05, 4.69) is 10.2 Å². The summed E-state index contributed by atoms with van der Waals surface area (Å²) in [6, 6.07) is 25.0. The Bertz CT molecular complexity index is 975. The van der Waals surface area contributed by atoms with E-state index in [0.717, 1.165) is 22.4 Å². The number of rotatable bonds is 8. The number of hydrogen-bond acceptors (Lipinski definition) is 5. The first-order chi connectivity index (χ1) is 14.2. The number of carbonyl (C=O) groups is 1. The lowest BCUT2D eigenvalue weighted by molar-refractivity contribution is -0.119. The summed E-state index contributed by atoms with van der Waals surface area (Å²) in [7, 11) is 1.52. The zero-order valence-corrected chi connectivity index (χ0v) is 16.0. The molecule has 0 bridgehead atoms. The highest BCUT2D eigenvalue weighted by Gasteiger charge is 2.07. The maximum Gasteiger partial charge on any atom is 0.255 e. The van der Waals surface area contributed by atoms with Crippen molar-refractivity contribution in [2.45, 2.75) is 0 Å². The quantitative estimate of drug-likeness (QED) is 0.475. The van der Waals surface area contributed by atoms with Gasteiger partial charge in [0.2, 0.25) is 0 Å². The number of nitrogens with zero attached hydrogens (tertiary/aromatic N) is 2. The van der Waals surface area contributed by atoms with Crippen LogP contribution in [0, 0.1) is 0 Å². The highest BCUT2D eigenvalue weighted by molar-refractivity contribution is 6.12. The number of primary amides is 1. The molecule has 2 N–H and O–H groups in total. The van der Waals surface area contributed by atoms with Gasteiger partial charge in [-0.3, -0.25) is 4.79 Å². The molecule has 0 saturated heterocycles. The minimum absolute atomic E-state index is 0.217. The van der Waals surface area contributed by atoms with E-state index in [1.807, 2.05) is 60.7 Å². The van der Waals surface area contributed by atoms with E-state index in [1.54, 1.807) is 24.4 Å². The summed E-state index contributed by atoms with van der Waals surface area (Å²) in [5.41, 5.74) is 8.61. The van der Waals surface area contributed by atoms with Gasteiger partial charge in [0.15, 0.2) is 18.1 Å². The summed E-state index contributed by atoms with van der Waals surface area (Å²) in [6.07, 6.45) is 1.63. The van der Waals surface area contributed by atoms with Crippen molar-refractivity contribution in [2.24, 2.45) is 15.9 Å². The van der Waals surface area contributed by atoms with Crippen molar-refractivity contribution in [3.63, 3.8) is 0 Å². The summed E-state index contributed by atoms with van der Waals surface area (Å²) < 4.78 is 10.6. The Morgan fingerprint density at radius 3 is 2.10 bits per heavy atom. The zero-order valence-electron chi connectivity index (χ0n) is 16.0. The van der Waals surface area contributed by atoms with Gasteiger partial charge in [0.05, 0.1) is 13.3 Å². The third-order valence-electron chi connectivity index (χ3n) is 4.02. The molecule has 0 aliphatic rings. The SMILES string of the molecule is COc1cc(/C=N\N=C(c2ccccc2)c2ccccc2)ccc1OCC(N)=O. The third kappa shape index (κ3) is 5.52. The molecule has 0 radical (unpaired) electrons. The molecule has 0 unspecified atom stereocenters. The van der Waals surface area contributed by atoms with Crippen molar-refractivity contribution in [2.75, 3.05) is 13.7 Å². The Labute approximate surface area is 169 Å². The Hall–Kier alpha value is -3.93. The van der Waals surface area contributed by atoms with Crippen LogP contribution in [0.1, 0.15) is 16.7 Å². The highest BCUT2D eigenvalue weighted by atomic mass is 16.5. The maximum atomic E-state index is 10.9. The van der Waals surface area contributed by atoms with Crippen LogP contribution in [0.15, 0.2) is 89.1 Å². The summed E-state index contributed by atoms with van der Waals surface area (Å²) in [5.74, 6) is 0.355. The van der Waals surface area contributed by atoms with Gasteiger partial charge in [0.25, 0.3) is 5.91 Å². The van der Waals surface area contributed by atoms with Crippen molar-refractivity contribution in [1.29, 1.82) is 0 Å². The molecule has 0 aromatic heterocycles. The summed E-state index contributed by atoms with van der Waals surface area (Å²) in [5, 5.41) is 8.72. The summed E-state index contributed by atoms with van der Waals surface area (Å²) in [4.78, 5) is 10.9. The molecule has 6 nitrogen and oxygen atoms in total. The standard InChI is InChI=1S/C23H21N3O3/c1-28-21-14-17(12-13-20(21)29-16-22(24)27)15-25-26-23(18-8-4-2-5-9-18)19-10-6-3-7-11-19/h2-15H,16H2,1H3,(H2,24,27)/b25-15-. The number of nitrogens with two attached hydrogens (primary N) is 1. The van der Waals surface area contributed by atoms with Crippen molar-refractivity contribution in [3.05, 3.63) is 95.6 Å². The Morgan fingerprint density at radius 1 is 0.931 bits per heavy atom. The van der Waals surface area contributed by atoms with E-state index >= 15 is 0 Å². The average Bonchev–Trinajstić information content (AvgIpc) is 2.76. The van der Waals surface area contributed by atoms with Crippen LogP contribution in [0.5, 0.6) is 11.5 Å². The van der Waals surface area contributed by atoms with E-state index in [1.165, 1.54) is 7.11 Å². The molecule has 6 heteroatoms. The topological polar surface area (TPSA) is 86.3 Å². The van der Waals surface area contributed by atoms with Gasteiger partial charge in [0, 0.05) is 11.1 Å². The van der Waals surface area contributed by atoms with Gasteiger partial charge in [-0.2, -0.15) is 5.10 Å². The van der Waals surface area contributed by atoms with E-state index in [4.69, 9.17) is 15.2 Å². The first kappa shape index (κ1) is 19.8. The molecular weight excluding hydrogens is 366 g/mol. The van der Waals surface area contributed by atoms with Crippen molar-refractivity contribution < 1.29 is 14.3 Å². The number of carbonyl (C=O) groups excluding carboxylic acids is 1. The predicted octanol–water partition coefficient (Wildman–Crippen LogP) is 3.43. The van der Waals surface area contributed by atoms with Gasteiger partial charge in [0.1, 0.15) is 5.71 Å². The van der Waals surface area contributed by atoms with Crippen molar-refractivity contribution >= 4 is 17.8 Å². The molecule has 29 heavy (non-hydrogen) atoms. The Balaban J connectivity index is 1.86. The summed E-state index contributed by atoms with van der Waals surface area (Å²) >= 11 is 0. The smallest absolute Gasteiger partial charge is 0.255 e. The van der Waals surface area contributed by atoms with Crippen LogP contribution in [0.3, 0.4) is 0 Å². The van der Waals surface area contributed by atoms with Crippen LogP contribution >= 0.6 is 0 Å². The van der Waals surface area contributed by atoms with Crippen LogP contribution in [-0.2, 0) is 4.79 Å². The third-order valence-corrected chi connectivity index (χ3v) is 4.02. The first-order valence-electron chi connectivity index (χ1n) is 8.98. The largest absolute Gasteiger partial charge is 0.493 e. The zero-order chi connectivity index (χ0) is 20.5. The lowest BCUT2D eigenvalue weighted by Gasteiger charge is -2.09. The molecule has 1 amide bonds. The molecule has 0 atom stereocenters. The van der Waals surface area contributed by atoms with Crippen molar-refractivity contribution in [1.82, 2.24) is 0 Å². The number of hydrogen-bond donors (Lipinski definition) is 1. The lowest BCUT2D eigenvalue weighted by atomic mass is 10.0. The minimum Gasteiger partial charge on any atom is -0.493 e. The van der Waals surface area contributed by atoms with Crippen LogP contribution < -0.4 is 15.2 Å². The molecule has 0 aliphatic carbocycles. The fourth-order valence-corrected chi connectivity index (χ4v) is 2.66. The number of ether oxygens (including phenoxy) is 2. The van der Waals surface area contributed by atoms with Crippen molar-refractivity contribution in [3.8, 4) is 11.5 Å². The Kier molecular flexibility index (Phi) is 6.73. The molecule has 3 aromatic carbocycles. The molecule has 0 saturated carbocycles. The normalized spacial score (nSPS) is 10.5. The second kappa shape index (κ2) is 9.85. The van der Waals surface area contributed by atoms with Gasteiger partial charge in [-0.25, -0.2) is 0 Å². The average molecular weight is 387 g/mol. The lowest BCUT2D eigenvalue weighted by Crippen LogP contribution is -2.20. The second-order valence-corrected chi connectivity index (χ2v) is 6.09. The summed E-state index contributed by atoms with van der Waals surface area (Å²) in [6.45, 7) is -0.217. The highest BCUT2D eigenvalue weighted by Crippen LogP contribution is 2.27. The van der Waals surface area contributed by atoms with Gasteiger partial charge in [-0.05, 0) is 23.8 Å². The number of benzene rings is 3. The number of amides is 1. The van der Waals surface area contributed by atoms with Gasteiger partial charge in [-0.15, -0.1) is 5.10 Å². The molecule has 0 heterocycles.